The van der Waals surface area contributed by atoms with Crippen molar-refractivity contribution in [3.05, 3.63) is 34.1 Å². The Bertz CT molecular complexity index is 441. The van der Waals surface area contributed by atoms with Gasteiger partial charge in [-0.15, -0.1) is 0 Å². The van der Waals surface area contributed by atoms with Crippen molar-refractivity contribution in [3.63, 3.8) is 0 Å². The molecule has 1 heterocycles. The molecule has 1 saturated heterocycles. The molecule has 0 saturated carbocycles. The van der Waals surface area contributed by atoms with Gasteiger partial charge in [0.15, 0.2) is 0 Å². The number of rotatable bonds is 1. The average Bonchev–Trinajstić information content (AvgIpc) is 2.32. The second-order valence-electron chi connectivity index (χ2n) is 4.06. The van der Waals surface area contributed by atoms with Crippen LogP contribution in [-0.2, 0) is 0 Å². The molecule has 5 heteroatoms. The minimum Gasteiger partial charge on any atom is -0.337 e. The number of hydrogen-bond donors (Lipinski definition) is 0. The Balaban J connectivity index is 2.15. The number of benzene rings is 1. The van der Waals surface area contributed by atoms with Gasteiger partial charge in [-0.3, -0.25) is 4.79 Å². The van der Waals surface area contributed by atoms with E-state index < -0.39 is 5.82 Å². The van der Waals surface area contributed by atoms with Crippen molar-refractivity contribution in [2.75, 3.05) is 18.8 Å². The number of carbonyl (C=O) groups is 1. The Kier molecular flexibility index (Phi) is 4.09. The summed E-state index contributed by atoms with van der Waals surface area (Å²) in [4.78, 5) is 13.9. The molecular formula is C12H13BrFNOS. The summed E-state index contributed by atoms with van der Waals surface area (Å²) in [5.74, 6) is 0.477. The van der Waals surface area contributed by atoms with Gasteiger partial charge in [0.2, 0.25) is 0 Å². The summed E-state index contributed by atoms with van der Waals surface area (Å²) in [5, 5.41) is 0.452. The fraction of sp³-hybridized carbons (Fsp3) is 0.417. The first-order chi connectivity index (χ1) is 8.08. The van der Waals surface area contributed by atoms with Crippen LogP contribution in [0.1, 0.15) is 17.3 Å². The van der Waals surface area contributed by atoms with Gasteiger partial charge < -0.3 is 4.90 Å². The Morgan fingerprint density at radius 1 is 1.59 bits per heavy atom. The fourth-order valence-corrected chi connectivity index (χ4v) is 3.07. The first-order valence-corrected chi connectivity index (χ1v) is 7.28. The molecule has 1 amide bonds. The maximum atomic E-state index is 13.4. The van der Waals surface area contributed by atoms with Gasteiger partial charge >= 0.3 is 0 Å². The fourth-order valence-electron chi connectivity index (χ4n) is 1.81. The summed E-state index contributed by atoms with van der Waals surface area (Å²) in [6.45, 7) is 3.58. The highest BCUT2D eigenvalue weighted by Crippen LogP contribution is 2.21. The average molecular weight is 318 g/mol. The Morgan fingerprint density at radius 2 is 2.35 bits per heavy atom. The number of carbonyl (C=O) groups excluding carboxylic acids is 1. The van der Waals surface area contributed by atoms with Crippen LogP contribution in [0.2, 0.25) is 0 Å². The van der Waals surface area contributed by atoms with Crippen LogP contribution >= 0.6 is 27.7 Å². The van der Waals surface area contributed by atoms with E-state index in [9.17, 15) is 9.18 Å². The van der Waals surface area contributed by atoms with Crippen LogP contribution in [0, 0.1) is 5.82 Å². The van der Waals surface area contributed by atoms with Gasteiger partial charge in [-0.1, -0.05) is 6.92 Å². The summed E-state index contributed by atoms with van der Waals surface area (Å²) < 4.78 is 13.7. The predicted molar refractivity (Wildman–Crippen MR) is 71.9 cm³/mol. The molecule has 0 bridgehead atoms. The van der Waals surface area contributed by atoms with E-state index in [-0.39, 0.29) is 5.91 Å². The molecule has 92 valence electrons. The lowest BCUT2D eigenvalue weighted by atomic mass is 10.2. The van der Waals surface area contributed by atoms with E-state index in [0.717, 1.165) is 18.8 Å². The molecule has 0 radical (unpaired) electrons. The van der Waals surface area contributed by atoms with E-state index in [0.29, 0.717) is 15.3 Å². The molecule has 1 aliphatic heterocycles. The molecule has 2 rings (SSSR count). The van der Waals surface area contributed by atoms with Crippen molar-refractivity contribution >= 4 is 33.6 Å². The Hall–Kier alpha value is -0.550. The van der Waals surface area contributed by atoms with Crippen LogP contribution in [0.4, 0.5) is 4.39 Å². The first-order valence-electron chi connectivity index (χ1n) is 5.44. The third kappa shape index (κ3) is 3.01. The van der Waals surface area contributed by atoms with Crippen LogP contribution in [-0.4, -0.2) is 34.9 Å². The third-order valence-electron chi connectivity index (χ3n) is 2.69. The predicted octanol–water partition coefficient (Wildman–Crippen LogP) is 3.17. The zero-order valence-electron chi connectivity index (χ0n) is 9.45. The van der Waals surface area contributed by atoms with E-state index in [2.05, 4.69) is 22.9 Å². The Morgan fingerprint density at radius 3 is 3.00 bits per heavy atom. The van der Waals surface area contributed by atoms with Gasteiger partial charge in [-0.25, -0.2) is 4.39 Å². The Labute approximate surface area is 113 Å². The normalized spacial score (nSPS) is 20.4. The van der Waals surface area contributed by atoms with Crippen molar-refractivity contribution in [2.24, 2.45) is 0 Å². The number of nitrogens with zero attached hydrogens (tertiary/aromatic N) is 1. The lowest BCUT2D eigenvalue weighted by molar-refractivity contribution is 0.0762. The molecule has 1 unspecified atom stereocenters. The molecule has 0 aromatic heterocycles. The number of halogens is 2. The van der Waals surface area contributed by atoms with Gasteiger partial charge in [0.1, 0.15) is 5.82 Å². The smallest absolute Gasteiger partial charge is 0.254 e. The molecule has 17 heavy (non-hydrogen) atoms. The van der Waals surface area contributed by atoms with Crippen molar-refractivity contribution < 1.29 is 9.18 Å². The largest absolute Gasteiger partial charge is 0.337 e. The van der Waals surface area contributed by atoms with Gasteiger partial charge in [-0.05, 0) is 34.1 Å². The monoisotopic (exact) mass is 317 g/mol. The van der Waals surface area contributed by atoms with Crippen LogP contribution in [0.25, 0.3) is 0 Å². The van der Waals surface area contributed by atoms with Gasteiger partial charge in [-0.2, -0.15) is 11.8 Å². The highest BCUT2D eigenvalue weighted by molar-refractivity contribution is 9.10. The maximum Gasteiger partial charge on any atom is 0.254 e. The molecule has 2 nitrogen and oxygen atoms in total. The van der Waals surface area contributed by atoms with E-state index >= 15 is 0 Å². The number of amides is 1. The SMILES string of the molecule is CC1CN(C(=O)c2ccc(Br)c(F)c2)CCS1. The molecule has 0 N–H and O–H groups in total. The third-order valence-corrected chi connectivity index (χ3v) is 4.47. The van der Waals surface area contributed by atoms with Gasteiger partial charge in [0.25, 0.3) is 5.91 Å². The summed E-state index contributed by atoms with van der Waals surface area (Å²) in [6.07, 6.45) is 0. The zero-order chi connectivity index (χ0) is 12.4. The summed E-state index contributed by atoms with van der Waals surface area (Å²) in [5.41, 5.74) is 0.421. The van der Waals surface area contributed by atoms with Crippen LogP contribution in [0.3, 0.4) is 0 Å². The van der Waals surface area contributed by atoms with Crippen molar-refractivity contribution in [1.82, 2.24) is 4.90 Å². The minimum atomic E-state index is -0.393. The quantitative estimate of drug-likeness (QED) is 0.793. The summed E-state index contributed by atoms with van der Waals surface area (Å²) in [6, 6.07) is 4.52. The van der Waals surface area contributed by atoms with E-state index in [4.69, 9.17) is 0 Å². The molecule has 0 spiro atoms. The van der Waals surface area contributed by atoms with E-state index in [1.807, 2.05) is 11.8 Å². The standard InChI is InChI=1S/C12H13BrFNOS/c1-8-7-15(4-5-17-8)12(16)9-2-3-10(13)11(14)6-9/h2-3,6,8H,4-5,7H2,1H3. The second-order valence-corrected chi connectivity index (χ2v) is 6.46. The highest BCUT2D eigenvalue weighted by Gasteiger charge is 2.22. The second kappa shape index (κ2) is 5.40. The zero-order valence-corrected chi connectivity index (χ0v) is 11.9. The van der Waals surface area contributed by atoms with Crippen LogP contribution in [0.15, 0.2) is 22.7 Å². The van der Waals surface area contributed by atoms with Crippen molar-refractivity contribution in [3.8, 4) is 0 Å². The lowest BCUT2D eigenvalue weighted by Crippen LogP contribution is -2.41. The first kappa shape index (κ1) is 12.9. The van der Waals surface area contributed by atoms with Gasteiger partial charge in [0, 0.05) is 29.7 Å². The minimum absolute atomic E-state index is 0.0800. The van der Waals surface area contributed by atoms with E-state index in [1.54, 1.807) is 17.0 Å². The van der Waals surface area contributed by atoms with E-state index in [1.165, 1.54) is 6.07 Å². The van der Waals surface area contributed by atoms with Crippen LogP contribution < -0.4 is 0 Å². The molecule has 1 aromatic rings. The molecule has 1 aromatic carbocycles. The molecular weight excluding hydrogens is 305 g/mol. The molecule has 1 fully saturated rings. The molecule has 1 atom stereocenters. The summed E-state index contributed by atoms with van der Waals surface area (Å²) in [7, 11) is 0. The van der Waals surface area contributed by atoms with Crippen molar-refractivity contribution in [1.29, 1.82) is 0 Å². The maximum absolute atomic E-state index is 13.4. The number of hydrogen-bond acceptors (Lipinski definition) is 2. The van der Waals surface area contributed by atoms with Gasteiger partial charge in [0.05, 0.1) is 4.47 Å². The highest BCUT2D eigenvalue weighted by atomic mass is 79.9. The number of thioether (sulfide) groups is 1. The van der Waals surface area contributed by atoms with Crippen molar-refractivity contribution in [2.45, 2.75) is 12.2 Å². The molecule has 1 aliphatic rings. The summed E-state index contributed by atoms with van der Waals surface area (Å²) >= 11 is 4.95. The topological polar surface area (TPSA) is 20.3 Å². The molecule has 0 aliphatic carbocycles. The lowest BCUT2D eigenvalue weighted by Gasteiger charge is -2.30. The van der Waals surface area contributed by atoms with Crippen LogP contribution in [0.5, 0.6) is 0 Å².